The Labute approximate surface area is 627 Å². The summed E-state index contributed by atoms with van der Waals surface area (Å²) in [5.74, 6) is 0. The van der Waals surface area contributed by atoms with Crippen LogP contribution < -0.4 is 76.7 Å². The van der Waals surface area contributed by atoms with Crippen LogP contribution in [0.4, 0.5) is 17.3 Å². The first-order valence-corrected chi connectivity index (χ1v) is 37.7. The van der Waals surface area contributed by atoms with Crippen molar-refractivity contribution >= 4 is 29.6 Å². The van der Waals surface area contributed by atoms with Crippen LogP contribution in [0.2, 0.25) is 0 Å². The normalized spacial score (nSPS) is 9.42. The topological polar surface area (TPSA) is 216 Å². The minimum atomic E-state index is -3.17. The standard InChI is InChI=1S/8C10H16N.4BFO2/c8*1-2-3-5-8-11-9-6-4-7-10-11;4*2-1(3)4/h8*4,6-7,9-10H,2-3,5,8H2,1H3;;;;/q8*+1;4*-2. The smallest absolute Gasteiger partial charge is 0.168 e. The fourth-order valence-corrected chi connectivity index (χ4v) is 9.02. The summed E-state index contributed by atoms with van der Waals surface area (Å²) in [6.45, 7) is 27.1. The van der Waals surface area contributed by atoms with Crippen LogP contribution in [-0.4, -0.2) is 29.6 Å². The van der Waals surface area contributed by atoms with Crippen LogP contribution in [0, 0.1) is 0 Å². The van der Waals surface area contributed by atoms with E-state index in [1.807, 2.05) is 0 Å². The van der Waals surface area contributed by atoms with Gasteiger partial charge in [0.25, 0.3) is 0 Å². The van der Waals surface area contributed by atoms with E-state index in [2.05, 4.69) is 337 Å². The number of rotatable bonds is 32. The zero-order chi connectivity index (χ0) is 77.8. The molecule has 24 heteroatoms. The maximum atomic E-state index is 9.89. The largest absolute Gasteiger partial charge is 0.867 e. The Kier molecular flexibility index (Phi) is 84.2. The van der Waals surface area contributed by atoms with Gasteiger partial charge in [-0.1, -0.05) is 155 Å². The quantitative estimate of drug-likeness (QED) is 0.0174. The van der Waals surface area contributed by atoms with Crippen molar-refractivity contribution in [2.45, 2.75) is 262 Å². The molecular weight excluding hydrogens is 1320 g/mol. The van der Waals surface area contributed by atoms with Gasteiger partial charge in [-0.2, -0.15) is 0 Å². The Morgan fingerprint density at radius 2 is 0.240 bits per heavy atom. The Morgan fingerprint density at radius 3 is 0.308 bits per heavy atom. The van der Waals surface area contributed by atoms with E-state index >= 15 is 0 Å². The first kappa shape index (κ1) is 103. The number of nitrogens with zero attached hydrogens (tertiary/aromatic N) is 8. The van der Waals surface area contributed by atoms with Crippen LogP contribution in [-0.2, 0) is 52.4 Å². The van der Waals surface area contributed by atoms with Crippen molar-refractivity contribution < 1.29 is 94.0 Å². The lowest BCUT2D eigenvalue weighted by Gasteiger charge is -2.09. The maximum absolute atomic E-state index is 9.89. The molecule has 0 aromatic carbocycles. The van der Waals surface area contributed by atoms with Crippen LogP contribution in [0.15, 0.2) is 245 Å². The Balaban J connectivity index is -0.000000533. The second kappa shape index (κ2) is 84.8. The van der Waals surface area contributed by atoms with E-state index in [1.54, 1.807) is 0 Å². The van der Waals surface area contributed by atoms with E-state index in [1.165, 1.54) is 154 Å². The molecule has 0 aliphatic heterocycles. The summed E-state index contributed by atoms with van der Waals surface area (Å²) in [6, 6.07) is 49.6. The summed E-state index contributed by atoms with van der Waals surface area (Å²) in [4.78, 5) is 0. The average molecular weight is 1450 g/mol. The zero-order valence-electron chi connectivity index (χ0n) is 64.4. The van der Waals surface area contributed by atoms with E-state index in [4.69, 9.17) is 40.2 Å². The molecule has 0 saturated carbocycles. The molecule has 0 bridgehead atoms. The number of aryl methyl sites for hydroxylation is 8. The molecule has 0 unspecified atom stereocenters. The molecule has 16 nitrogen and oxygen atoms in total. The highest BCUT2D eigenvalue weighted by Crippen LogP contribution is 1.98. The molecule has 576 valence electrons. The molecule has 0 aliphatic rings. The van der Waals surface area contributed by atoms with Crippen molar-refractivity contribution in [3.8, 4) is 0 Å². The SMILES string of the molecule is CCCCC[n+]1ccccc1.CCCCC[n+]1ccccc1.CCCCC[n+]1ccccc1.CCCCC[n+]1ccccc1.CCCCC[n+]1ccccc1.CCCCC[n+]1ccccc1.CCCCC[n+]1ccccc1.CCCCC[n+]1ccccc1.[O-]B([O-])F.[O-]B([O-])F.[O-]B([O-])F.[O-]B([O-])F. The van der Waals surface area contributed by atoms with E-state index in [9.17, 15) is 17.3 Å². The van der Waals surface area contributed by atoms with Crippen LogP contribution >= 0.6 is 0 Å². The third-order valence-corrected chi connectivity index (χ3v) is 14.4. The van der Waals surface area contributed by atoms with Crippen LogP contribution in [0.25, 0.3) is 0 Å². The highest BCUT2D eigenvalue weighted by atomic mass is 19.1. The van der Waals surface area contributed by atoms with E-state index in [0.29, 0.717) is 0 Å². The van der Waals surface area contributed by atoms with E-state index in [0.717, 1.165) is 52.4 Å². The van der Waals surface area contributed by atoms with Gasteiger partial charge in [0.05, 0.1) is 0 Å². The molecule has 0 amide bonds. The molecule has 8 aromatic rings. The van der Waals surface area contributed by atoms with Gasteiger partial charge >= 0.3 is 0 Å². The minimum Gasteiger partial charge on any atom is -0.867 e. The molecule has 0 fully saturated rings. The highest BCUT2D eigenvalue weighted by molar-refractivity contribution is 6.27. The number of aromatic nitrogens is 8. The van der Waals surface area contributed by atoms with Gasteiger partial charge in [0.15, 0.2) is 99.1 Å². The van der Waals surface area contributed by atoms with Crippen LogP contribution in [0.5, 0.6) is 0 Å². The Morgan fingerprint density at radius 1 is 0.163 bits per heavy atom. The first-order chi connectivity index (χ1) is 50.4. The molecule has 8 rings (SSSR count). The zero-order valence-corrected chi connectivity index (χ0v) is 64.4. The summed E-state index contributed by atoms with van der Waals surface area (Å²) in [5, 5.41) is 66.4. The van der Waals surface area contributed by atoms with E-state index < -0.39 is 29.6 Å². The number of hydrogen-bond donors (Lipinski definition) is 0. The fraction of sp³-hybridized carbons (Fsp3) is 0.500. The monoisotopic (exact) mass is 1450 g/mol. The number of pyridine rings is 8. The lowest BCUT2D eigenvalue weighted by molar-refractivity contribution is -0.697. The predicted molar refractivity (Wildman–Crippen MR) is 397 cm³/mol. The van der Waals surface area contributed by atoms with Crippen molar-refractivity contribution in [2.75, 3.05) is 0 Å². The van der Waals surface area contributed by atoms with Crippen molar-refractivity contribution in [3.63, 3.8) is 0 Å². The molecule has 0 N–H and O–H groups in total. The van der Waals surface area contributed by atoms with Crippen molar-refractivity contribution in [1.82, 2.24) is 0 Å². The third-order valence-electron chi connectivity index (χ3n) is 14.4. The molecule has 0 saturated heterocycles. The number of hydrogen-bond acceptors (Lipinski definition) is 8. The second-order valence-corrected chi connectivity index (χ2v) is 23.7. The maximum Gasteiger partial charge on any atom is 0.168 e. The van der Waals surface area contributed by atoms with Crippen molar-refractivity contribution in [2.24, 2.45) is 0 Å². The summed E-state index contributed by atoms with van der Waals surface area (Å²) >= 11 is 0. The highest BCUT2D eigenvalue weighted by Gasteiger charge is 2.01. The van der Waals surface area contributed by atoms with Gasteiger partial charge in [0, 0.05) is 148 Å². The van der Waals surface area contributed by atoms with Gasteiger partial charge in [-0.25, -0.2) is 36.5 Å². The average Bonchev–Trinajstić information content (AvgIpc) is 1.88. The van der Waals surface area contributed by atoms with Gasteiger partial charge < -0.3 is 57.5 Å². The summed E-state index contributed by atoms with van der Waals surface area (Å²) < 4.78 is 57.4. The molecular formula is C80H128B4F4N8O8. The predicted octanol–water partition coefficient (Wildman–Crippen LogP) is 7.96. The molecule has 0 aliphatic carbocycles. The summed E-state index contributed by atoms with van der Waals surface area (Å²) in [5.41, 5.74) is 0. The second-order valence-electron chi connectivity index (χ2n) is 23.7. The number of halogens is 4. The van der Waals surface area contributed by atoms with Crippen LogP contribution in [0.1, 0.15) is 209 Å². The van der Waals surface area contributed by atoms with Crippen molar-refractivity contribution in [3.05, 3.63) is 245 Å². The lowest BCUT2D eigenvalue weighted by atomic mass is 10.2. The molecule has 0 spiro atoms. The minimum absolute atomic E-state index is 1.16. The van der Waals surface area contributed by atoms with Gasteiger partial charge in [-0.3, -0.25) is 0 Å². The first-order valence-electron chi connectivity index (χ1n) is 37.7. The third kappa shape index (κ3) is 89.1. The van der Waals surface area contributed by atoms with Gasteiger partial charge in [-0.05, 0) is 51.4 Å². The summed E-state index contributed by atoms with van der Waals surface area (Å²) in [6.07, 6.45) is 65.4. The molecule has 104 heavy (non-hydrogen) atoms. The van der Waals surface area contributed by atoms with Gasteiger partial charge in [-0.15, -0.1) is 0 Å². The van der Waals surface area contributed by atoms with Crippen LogP contribution in [0.3, 0.4) is 0 Å². The van der Waals surface area contributed by atoms with Crippen molar-refractivity contribution in [1.29, 1.82) is 0 Å². The number of unbranched alkanes of at least 4 members (excludes halogenated alkanes) is 16. The molecule has 8 aromatic heterocycles. The summed E-state index contributed by atoms with van der Waals surface area (Å²) in [7, 11) is -12.7. The molecule has 8 heterocycles. The van der Waals surface area contributed by atoms with Gasteiger partial charge in [0.1, 0.15) is 81.9 Å². The Bertz CT molecular complexity index is 2260. The fourth-order valence-electron chi connectivity index (χ4n) is 9.02. The van der Waals surface area contributed by atoms with E-state index in [-0.39, 0.29) is 0 Å². The Hall–Kier alpha value is -7.14. The molecule has 0 atom stereocenters. The lowest BCUT2D eigenvalue weighted by Crippen LogP contribution is -2.39. The molecule has 0 radical (unpaired) electrons. The van der Waals surface area contributed by atoms with Gasteiger partial charge in [0.2, 0.25) is 0 Å².